The number of hydrogen-bond acceptors (Lipinski definition) is 5. The Bertz CT molecular complexity index is 962. The van der Waals surface area contributed by atoms with E-state index in [1.807, 2.05) is 6.07 Å². The lowest BCUT2D eigenvalue weighted by Gasteiger charge is -2.13. The summed E-state index contributed by atoms with van der Waals surface area (Å²) >= 11 is 0. The number of halogens is 1. The van der Waals surface area contributed by atoms with Crippen LogP contribution in [0.3, 0.4) is 0 Å². The lowest BCUT2D eigenvalue weighted by atomic mass is 10.1. The smallest absolute Gasteiger partial charge is 0.240 e. The number of ether oxygens (including phenoxy) is 2. The third-order valence-corrected chi connectivity index (χ3v) is 5.92. The van der Waals surface area contributed by atoms with E-state index in [0.29, 0.717) is 24.0 Å². The van der Waals surface area contributed by atoms with Crippen LogP contribution < -0.4 is 19.5 Å². The predicted molar refractivity (Wildman–Crippen MR) is 116 cm³/mol. The molecule has 1 amide bonds. The van der Waals surface area contributed by atoms with Gasteiger partial charge in [0.25, 0.3) is 0 Å². The normalized spacial score (nSPS) is 11.4. The maximum Gasteiger partial charge on any atom is 0.240 e. The van der Waals surface area contributed by atoms with Gasteiger partial charge in [0.05, 0.1) is 18.6 Å². The fourth-order valence-corrected chi connectivity index (χ4v) is 3.66. The number of carbonyl (C=O) groups excluding carboxylic acids is 1. The molecule has 31 heavy (non-hydrogen) atoms. The van der Waals surface area contributed by atoms with E-state index >= 15 is 0 Å². The van der Waals surface area contributed by atoms with E-state index in [1.165, 1.54) is 12.1 Å². The number of sulfonamides is 1. The molecular weight excluding hydrogens is 423 g/mol. The zero-order valence-corrected chi connectivity index (χ0v) is 18.8. The minimum atomic E-state index is -3.79. The summed E-state index contributed by atoms with van der Waals surface area (Å²) < 4.78 is 50.6. The van der Waals surface area contributed by atoms with Crippen molar-refractivity contribution in [1.82, 2.24) is 10.0 Å². The predicted octanol–water partition coefficient (Wildman–Crippen LogP) is 3.24. The summed E-state index contributed by atoms with van der Waals surface area (Å²) in [6, 6.07) is 9.90. The van der Waals surface area contributed by atoms with Gasteiger partial charge in [0.15, 0.2) is 11.5 Å². The Morgan fingerprint density at radius 1 is 1.10 bits per heavy atom. The second-order valence-electron chi connectivity index (χ2n) is 7.39. The molecule has 0 bridgehead atoms. The number of amides is 1. The average molecular weight is 453 g/mol. The molecule has 0 spiro atoms. The molecule has 0 unspecified atom stereocenters. The molecule has 0 fully saturated rings. The molecule has 170 valence electrons. The van der Waals surface area contributed by atoms with Crippen molar-refractivity contribution in [3.8, 4) is 11.5 Å². The lowest BCUT2D eigenvalue weighted by Crippen LogP contribution is -2.30. The summed E-state index contributed by atoms with van der Waals surface area (Å²) in [5.74, 6) is 0.944. The molecule has 0 radical (unpaired) electrons. The standard InChI is InChI=1S/C22H29FN2O5S/c1-16(2)11-13-30-20-9-4-17(14-21(20)29-3)15-24-22(26)10-12-25-31(27,28)19-7-5-18(23)6-8-19/h4-9,14,16,25H,10-13,15H2,1-3H3,(H,24,26). The van der Waals surface area contributed by atoms with Crippen LogP contribution in [0.1, 0.15) is 32.3 Å². The van der Waals surface area contributed by atoms with Gasteiger partial charge >= 0.3 is 0 Å². The quantitative estimate of drug-likeness (QED) is 0.516. The second-order valence-corrected chi connectivity index (χ2v) is 9.16. The molecule has 7 nitrogen and oxygen atoms in total. The van der Waals surface area contributed by atoms with Gasteiger partial charge in [0.2, 0.25) is 15.9 Å². The van der Waals surface area contributed by atoms with Gasteiger partial charge in [-0.15, -0.1) is 0 Å². The number of rotatable bonds is 12. The maximum absolute atomic E-state index is 12.9. The molecule has 0 atom stereocenters. The fraction of sp³-hybridized carbons (Fsp3) is 0.409. The number of carbonyl (C=O) groups is 1. The zero-order chi connectivity index (χ0) is 22.9. The number of methoxy groups -OCH3 is 1. The summed E-state index contributed by atoms with van der Waals surface area (Å²) in [6.07, 6.45) is 0.903. The van der Waals surface area contributed by atoms with Crippen LogP contribution in [0.25, 0.3) is 0 Å². The maximum atomic E-state index is 12.9. The number of nitrogens with one attached hydrogen (secondary N) is 2. The van der Waals surface area contributed by atoms with Crippen LogP contribution in [-0.4, -0.2) is 34.6 Å². The summed E-state index contributed by atoms with van der Waals surface area (Å²) in [6.45, 7) is 5.04. The van der Waals surface area contributed by atoms with Crippen molar-refractivity contribution in [2.24, 2.45) is 5.92 Å². The first kappa shape index (κ1) is 24.6. The minimum Gasteiger partial charge on any atom is -0.493 e. The van der Waals surface area contributed by atoms with E-state index in [2.05, 4.69) is 23.9 Å². The van der Waals surface area contributed by atoms with Crippen molar-refractivity contribution >= 4 is 15.9 Å². The van der Waals surface area contributed by atoms with Crippen LogP contribution in [0.5, 0.6) is 11.5 Å². The number of hydrogen-bond donors (Lipinski definition) is 2. The van der Waals surface area contributed by atoms with Crippen molar-refractivity contribution in [3.05, 3.63) is 53.8 Å². The van der Waals surface area contributed by atoms with E-state index in [-0.39, 0.29) is 30.3 Å². The molecule has 0 heterocycles. The summed E-state index contributed by atoms with van der Waals surface area (Å²) in [4.78, 5) is 12.0. The summed E-state index contributed by atoms with van der Waals surface area (Å²) in [5.41, 5.74) is 0.827. The van der Waals surface area contributed by atoms with Crippen LogP contribution in [0.2, 0.25) is 0 Å². The minimum absolute atomic E-state index is 0.0338. The highest BCUT2D eigenvalue weighted by atomic mass is 32.2. The highest BCUT2D eigenvalue weighted by molar-refractivity contribution is 7.89. The Kier molecular flexibility index (Phi) is 9.26. The monoisotopic (exact) mass is 452 g/mol. The van der Waals surface area contributed by atoms with E-state index in [9.17, 15) is 17.6 Å². The molecule has 2 N–H and O–H groups in total. The fourth-order valence-electron chi connectivity index (χ4n) is 2.63. The largest absolute Gasteiger partial charge is 0.493 e. The summed E-state index contributed by atoms with van der Waals surface area (Å²) in [5, 5.41) is 2.74. The Hall–Kier alpha value is -2.65. The van der Waals surface area contributed by atoms with E-state index in [1.54, 1.807) is 19.2 Å². The van der Waals surface area contributed by atoms with E-state index < -0.39 is 15.8 Å². The van der Waals surface area contributed by atoms with Gasteiger partial charge < -0.3 is 14.8 Å². The molecule has 0 aliphatic rings. The Morgan fingerprint density at radius 3 is 2.45 bits per heavy atom. The van der Waals surface area contributed by atoms with Gasteiger partial charge in [0.1, 0.15) is 5.82 Å². The third kappa shape index (κ3) is 8.18. The van der Waals surface area contributed by atoms with Crippen LogP contribution in [-0.2, 0) is 21.4 Å². The molecule has 0 aliphatic carbocycles. The van der Waals surface area contributed by atoms with Crippen LogP contribution >= 0.6 is 0 Å². The SMILES string of the molecule is COc1cc(CNC(=O)CCNS(=O)(=O)c2ccc(F)cc2)ccc1OCCC(C)C. The average Bonchev–Trinajstić information content (AvgIpc) is 2.72. The zero-order valence-electron chi connectivity index (χ0n) is 18.0. The lowest BCUT2D eigenvalue weighted by molar-refractivity contribution is -0.121. The Balaban J connectivity index is 1.80. The molecule has 2 aromatic carbocycles. The van der Waals surface area contributed by atoms with Crippen molar-refractivity contribution in [1.29, 1.82) is 0 Å². The summed E-state index contributed by atoms with van der Waals surface area (Å²) in [7, 11) is -2.24. The van der Waals surface area contributed by atoms with Crippen molar-refractivity contribution in [2.45, 2.75) is 38.1 Å². The van der Waals surface area contributed by atoms with Gasteiger partial charge in [0, 0.05) is 19.5 Å². The van der Waals surface area contributed by atoms with E-state index in [0.717, 1.165) is 24.1 Å². The molecule has 2 aromatic rings. The molecular formula is C22H29FN2O5S. The van der Waals surface area contributed by atoms with Crippen molar-refractivity contribution < 1.29 is 27.1 Å². The van der Waals surface area contributed by atoms with Gasteiger partial charge in [-0.25, -0.2) is 17.5 Å². The highest BCUT2D eigenvalue weighted by Gasteiger charge is 2.14. The first-order chi connectivity index (χ1) is 14.7. The van der Waals surface area contributed by atoms with Crippen molar-refractivity contribution in [2.75, 3.05) is 20.3 Å². The highest BCUT2D eigenvalue weighted by Crippen LogP contribution is 2.28. The van der Waals surface area contributed by atoms with Crippen LogP contribution in [0.15, 0.2) is 47.4 Å². The van der Waals surface area contributed by atoms with Gasteiger partial charge in [-0.1, -0.05) is 19.9 Å². The second kappa shape index (κ2) is 11.7. The van der Waals surface area contributed by atoms with Crippen LogP contribution in [0.4, 0.5) is 4.39 Å². The van der Waals surface area contributed by atoms with Gasteiger partial charge in [-0.05, 0) is 54.3 Å². The van der Waals surface area contributed by atoms with Crippen LogP contribution in [0, 0.1) is 11.7 Å². The molecule has 0 aromatic heterocycles. The first-order valence-electron chi connectivity index (χ1n) is 10.0. The van der Waals surface area contributed by atoms with Gasteiger partial charge in [-0.2, -0.15) is 0 Å². The van der Waals surface area contributed by atoms with Gasteiger partial charge in [-0.3, -0.25) is 4.79 Å². The topological polar surface area (TPSA) is 93.7 Å². The third-order valence-electron chi connectivity index (χ3n) is 4.44. The molecule has 9 heteroatoms. The number of benzene rings is 2. The molecule has 0 saturated heterocycles. The Labute approximate surface area is 183 Å². The molecule has 0 saturated carbocycles. The first-order valence-corrected chi connectivity index (χ1v) is 11.5. The molecule has 0 aliphatic heterocycles. The molecule has 2 rings (SSSR count). The van der Waals surface area contributed by atoms with E-state index in [4.69, 9.17) is 9.47 Å². The van der Waals surface area contributed by atoms with Crippen molar-refractivity contribution in [3.63, 3.8) is 0 Å². The Morgan fingerprint density at radius 2 is 1.81 bits per heavy atom.